The molecule has 0 radical (unpaired) electrons. The predicted octanol–water partition coefficient (Wildman–Crippen LogP) is 1.59. The molecular weight excluding hydrogens is 494 g/mol. The number of ether oxygens (including phenoxy) is 2. The van der Waals surface area contributed by atoms with Gasteiger partial charge >= 0.3 is 12.1 Å². The number of aliphatic hydroxyl groups excluding tert-OH is 1. The van der Waals surface area contributed by atoms with E-state index in [9.17, 15) is 33.8 Å². The first-order chi connectivity index (χ1) is 17.0. The predicted molar refractivity (Wildman–Crippen MR) is 128 cm³/mol. The van der Waals surface area contributed by atoms with Crippen LogP contribution in [0.2, 0.25) is 0 Å². The summed E-state index contributed by atoms with van der Waals surface area (Å²) in [7, 11) is -1.75. The maximum absolute atomic E-state index is 13.1. The van der Waals surface area contributed by atoms with Crippen LogP contribution < -0.4 is 5.32 Å². The van der Waals surface area contributed by atoms with Crippen molar-refractivity contribution in [3.8, 4) is 0 Å². The lowest BCUT2D eigenvalue weighted by Gasteiger charge is -2.44. The summed E-state index contributed by atoms with van der Waals surface area (Å²) >= 11 is 0. The van der Waals surface area contributed by atoms with Gasteiger partial charge in [0.15, 0.2) is 0 Å². The van der Waals surface area contributed by atoms with Gasteiger partial charge in [0.25, 0.3) is 5.69 Å². The van der Waals surface area contributed by atoms with Gasteiger partial charge in [-0.05, 0) is 18.9 Å². The molecule has 36 heavy (non-hydrogen) atoms. The highest BCUT2D eigenvalue weighted by Gasteiger charge is 2.57. The molecule has 196 valence electrons. The highest BCUT2D eigenvalue weighted by atomic mass is 32.2. The number of hydrogen-bond acceptors (Lipinski definition) is 9. The zero-order valence-corrected chi connectivity index (χ0v) is 21.0. The normalized spacial score (nSPS) is 20.5. The van der Waals surface area contributed by atoms with Gasteiger partial charge in [0, 0.05) is 29.7 Å². The minimum atomic E-state index is -1.75. The Bertz CT molecular complexity index is 1100. The topological polar surface area (TPSA) is 165 Å². The Labute approximate surface area is 210 Å². The Morgan fingerprint density at radius 2 is 1.97 bits per heavy atom. The van der Waals surface area contributed by atoms with Crippen LogP contribution >= 0.6 is 0 Å². The molecule has 2 aliphatic heterocycles. The number of nitrogens with zero attached hydrogens (tertiary/aromatic N) is 2. The van der Waals surface area contributed by atoms with Crippen LogP contribution in [0.15, 0.2) is 34.9 Å². The number of nitrogens with one attached hydrogen (secondary N) is 1. The fourth-order valence-electron chi connectivity index (χ4n) is 4.11. The van der Waals surface area contributed by atoms with Crippen molar-refractivity contribution >= 4 is 34.5 Å². The first kappa shape index (κ1) is 27.3. The number of fused-ring (bicyclic) bond motifs is 1. The second kappa shape index (κ2) is 11.6. The molecule has 1 aromatic carbocycles. The molecule has 4 atom stereocenters. The quantitative estimate of drug-likeness (QED) is 0.190. The fraction of sp³-hybridized carbons (Fsp3) is 0.522. The first-order valence-electron chi connectivity index (χ1n) is 11.5. The Hall–Kier alpha value is -3.32. The van der Waals surface area contributed by atoms with Gasteiger partial charge in [0.2, 0.25) is 5.91 Å². The molecule has 2 N–H and O–H groups in total. The number of nitro groups is 1. The molecule has 0 aromatic heterocycles. The van der Waals surface area contributed by atoms with Crippen molar-refractivity contribution in [2.75, 3.05) is 18.9 Å². The van der Waals surface area contributed by atoms with Gasteiger partial charge in [0.1, 0.15) is 12.3 Å². The van der Waals surface area contributed by atoms with Gasteiger partial charge in [-0.3, -0.25) is 19.1 Å². The third-order valence-corrected chi connectivity index (χ3v) is 7.29. The van der Waals surface area contributed by atoms with Crippen LogP contribution in [0.5, 0.6) is 0 Å². The summed E-state index contributed by atoms with van der Waals surface area (Å²) in [6.45, 7) is 5.05. The molecule has 13 heteroatoms. The number of nitro benzene ring substituents is 1. The van der Waals surface area contributed by atoms with E-state index in [1.807, 2.05) is 13.8 Å². The van der Waals surface area contributed by atoms with Crippen molar-refractivity contribution in [3.05, 3.63) is 50.5 Å². The Kier molecular flexibility index (Phi) is 8.79. The molecule has 2 heterocycles. The summed E-state index contributed by atoms with van der Waals surface area (Å²) in [6.07, 6.45) is -1.52. The van der Waals surface area contributed by atoms with E-state index in [0.717, 1.165) is 0 Å². The summed E-state index contributed by atoms with van der Waals surface area (Å²) in [5.74, 6) is -2.07. The molecule has 0 bridgehead atoms. The van der Waals surface area contributed by atoms with E-state index in [4.69, 9.17) is 9.47 Å². The molecule has 3 rings (SSSR count). The van der Waals surface area contributed by atoms with Crippen LogP contribution in [-0.4, -0.2) is 68.2 Å². The summed E-state index contributed by atoms with van der Waals surface area (Å²) in [6, 6.07) is 5.22. The van der Waals surface area contributed by atoms with Crippen LogP contribution in [0.4, 0.5) is 10.5 Å². The molecule has 0 saturated carbocycles. The molecule has 2 amide bonds. The van der Waals surface area contributed by atoms with Crippen molar-refractivity contribution in [3.63, 3.8) is 0 Å². The van der Waals surface area contributed by atoms with Crippen molar-refractivity contribution < 1.29 is 38.1 Å². The van der Waals surface area contributed by atoms with Gasteiger partial charge in [-0.25, -0.2) is 9.59 Å². The number of carbonyl (C=O) groups excluding carboxylic acids is 3. The van der Waals surface area contributed by atoms with Gasteiger partial charge in [-0.2, -0.15) is 0 Å². The molecule has 0 aliphatic carbocycles. The monoisotopic (exact) mass is 523 g/mol. The van der Waals surface area contributed by atoms with Crippen molar-refractivity contribution in [1.82, 2.24) is 10.2 Å². The van der Waals surface area contributed by atoms with Crippen LogP contribution in [0.25, 0.3) is 0 Å². The average molecular weight is 524 g/mol. The van der Waals surface area contributed by atoms with E-state index in [1.54, 1.807) is 6.07 Å². The molecule has 4 unspecified atom stereocenters. The average Bonchev–Trinajstić information content (AvgIpc) is 3.16. The summed E-state index contributed by atoms with van der Waals surface area (Å²) in [5.41, 5.74) is -0.243. The highest BCUT2D eigenvalue weighted by Crippen LogP contribution is 2.45. The number of amides is 2. The van der Waals surface area contributed by atoms with E-state index in [2.05, 4.69) is 5.32 Å². The molecule has 12 nitrogen and oxygen atoms in total. The number of para-hydroxylation sites is 1. The summed E-state index contributed by atoms with van der Waals surface area (Å²) in [5, 5.41) is 23.7. The van der Waals surface area contributed by atoms with Crippen LogP contribution in [0, 0.1) is 22.0 Å². The third-order valence-electron chi connectivity index (χ3n) is 5.81. The fourth-order valence-corrected chi connectivity index (χ4v) is 5.40. The lowest BCUT2D eigenvalue weighted by molar-refractivity contribution is -0.385. The summed E-state index contributed by atoms with van der Waals surface area (Å²) in [4.78, 5) is 49.4. The minimum Gasteiger partial charge on any atom is -0.456 e. The van der Waals surface area contributed by atoms with E-state index in [-0.39, 0.29) is 53.1 Å². The van der Waals surface area contributed by atoms with E-state index in [1.165, 1.54) is 30.0 Å². The first-order valence-corrected chi connectivity index (χ1v) is 12.8. The molecule has 2 aliphatic rings. The molecule has 1 saturated heterocycles. The maximum Gasteiger partial charge on any atom is 0.407 e. The molecular formula is C23H29N3O9S. The van der Waals surface area contributed by atoms with Crippen LogP contribution in [0.1, 0.15) is 32.8 Å². The number of carbonyl (C=O) groups is 3. The number of esters is 1. The number of benzene rings is 1. The van der Waals surface area contributed by atoms with Crippen molar-refractivity contribution in [2.45, 2.75) is 45.9 Å². The zero-order valence-electron chi connectivity index (χ0n) is 20.2. The Balaban J connectivity index is 1.74. The second-order valence-corrected chi connectivity index (χ2v) is 10.5. The SMILES string of the molecule is CC(C)COC(=O)NCCS(=O)C1=C(C(=O)OCc2ccccc2[N+](=O)[O-])N2C(=O)C(C(C)O)C2C1. The lowest BCUT2D eigenvalue weighted by Crippen LogP contribution is -2.61. The second-order valence-electron chi connectivity index (χ2n) is 8.95. The number of aliphatic hydroxyl groups is 1. The van der Waals surface area contributed by atoms with Crippen molar-refractivity contribution in [2.24, 2.45) is 11.8 Å². The number of β-lactam (4-membered cyclic amide) rings is 1. The van der Waals surface area contributed by atoms with Gasteiger partial charge < -0.3 is 24.8 Å². The van der Waals surface area contributed by atoms with E-state index in [0.29, 0.717) is 0 Å². The largest absolute Gasteiger partial charge is 0.456 e. The third kappa shape index (κ3) is 5.90. The van der Waals surface area contributed by atoms with E-state index >= 15 is 0 Å². The number of alkyl carbamates (subject to hydrolysis) is 1. The van der Waals surface area contributed by atoms with Crippen LogP contribution in [-0.2, 0) is 36.5 Å². The molecule has 1 fully saturated rings. The number of rotatable bonds is 11. The zero-order chi connectivity index (χ0) is 26.6. The minimum absolute atomic E-state index is 0.00399. The Morgan fingerprint density at radius 3 is 2.61 bits per heavy atom. The van der Waals surface area contributed by atoms with Crippen LogP contribution in [0.3, 0.4) is 0 Å². The lowest BCUT2D eigenvalue weighted by atomic mass is 9.83. The smallest absolute Gasteiger partial charge is 0.407 e. The Morgan fingerprint density at radius 1 is 1.28 bits per heavy atom. The number of hydrogen-bond donors (Lipinski definition) is 2. The standard InChI is InChI=1S/C23H29N3O9S/c1-13(2)11-35-23(30)24-8-9-36(33)18-10-17-19(14(3)27)21(28)25(17)20(18)22(29)34-12-15-6-4-5-7-16(15)26(31)32/h4-7,13-14,17,19,27H,8-12H2,1-3H3,(H,24,30). The highest BCUT2D eigenvalue weighted by molar-refractivity contribution is 7.89. The van der Waals surface area contributed by atoms with Crippen molar-refractivity contribution in [1.29, 1.82) is 0 Å². The van der Waals surface area contributed by atoms with Gasteiger partial charge in [0.05, 0.1) is 46.0 Å². The van der Waals surface area contributed by atoms with Gasteiger partial charge in [-0.1, -0.05) is 26.0 Å². The molecule has 1 aromatic rings. The molecule has 0 spiro atoms. The van der Waals surface area contributed by atoms with Gasteiger partial charge in [-0.15, -0.1) is 0 Å². The summed E-state index contributed by atoms with van der Waals surface area (Å²) < 4.78 is 23.4. The van der Waals surface area contributed by atoms with E-state index < -0.39 is 58.4 Å². The maximum atomic E-state index is 13.1.